The van der Waals surface area contributed by atoms with Gasteiger partial charge in [0, 0.05) is 24.3 Å². The molecule has 2 aromatic heterocycles. The van der Waals surface area contributed by atoms with E-state index in [0.717, 1.165) is 10.9 Å². The molecule has 0 unspecified atom stereocenters. The predicted octanol–water partition coefficient (Wildman–Crippen LogP) is 3.02. The van der Waals surface area contributed by atoms with Crippen LogP contribution in [0.4, 0.5) is 5.95 Å². The first-order valence-corrected chi connectivity index (χ1v) is 11.5. The topological polar surface area (TPSA) is 94.4 Å². The molecule has 0 N–H and O–H groups in total. The summed E-state index contributed by atoms with van der Waals surface area (Å²) < 4.78 is 33.4. The Balaban J connectivity index is 1.61. The van der Waals surface area contributed by atoms with Crippen molar-refractivity contribution in [3.05, 3.63) is 83.8 Å². The Bertz CT molecular complexity index is 1410. The van der Waals surface area contributed by atoms with Gasteiger partial charge in [-0.25, -0.2) is 27.2 Å². The second-order valence-corrected chi connectivity index (χ2v) is 9.25. The summed E-state index contributed by atoms with van der Waals surface area (Å²) in [6.45, 7) is 0.956. The molecule has 0 amide bonds. The van der Waals surface area contributed by atoms with Gasteiger partial charge in [-0.2, -0.15) is 0 Å². The molecule has 0 atom stereocenters. The van der Waals surface area contributed by atoms with Crippen LogP contribution in [-0.2, 0) is 27.7 Å². The van der Waals surface area contributed by atoms with Crippen molar-refractivity contribution in [2.75, 3.05) is 18.6 Å². The quantitative estimate of drug-likeness (QED) is 0.443. The van der Waals surface area contributed by atoms with Gasteiger partial charge in [-0.05, 0) is 30.2 Å². The maximum atomic E-state index is 13.6. The van der Waals surface area contributed by atoms with Gasteiger partial charge >= 0.3 is 5.97 Å². The number of methoxy groups -OCH3 is 1. The van der Waals surface area contributed by atoms with Crippen molar-refractivity contribution in [1.29, 1.82) is 0 Å². The molecule has 8 nitrogen and oxygen atoms in total. The molecule has 1 aliphatic heterocycles. The van der Waals surface area contributed by atoms with Crippen LogP contribution in [-0.4, -0.2) is 42.0 Å². The minimum absolute atomic E-state index is 0.236. The molecule has 9 heteroatoms. The van der Waals surface area contributed by atoms with Gasteiger partial charge in [0.1, 0.15) is 0 Å². The first kappa shape index (κ1) is 20.2. The summed E-state index contributed by atoms with van der Waals surface area (Å²) in [6, 6.07) is 16.0. The van der Waals surface area contributed by atoms with Crippen molar-refractivity contribution in [3.8, 4) is 0 Å². The number of esters is 1. The number of benzene rings is 2. The van der Waals surface area contributed by atoms with E-state index in [4.69, 9.17) is 4.74 Å². The van der Waals surface area contributed by atoms with Gasteiger partial charge in [-0.1, -0.05) is 36.4 Å². The van der Waals surface area contributed by atoms with Gasteiger partial charge in [0.05, 0.1) is 35.3 Å². The highest BCUT2D eigenvalue weighted by molar-refractivity contribution is 7.90. The summed E-state index contributed by atoms with van der Waals surface area (Å²) >= 11 is 0. The molecule has 2 aromatic carbocycles. The van der Waals surface area contributed by atoms with Crippen LogP contribution < -0.4 is 4.90 Å². The lowest BCUT2D eigenvalue weighted by molar-refractivity contribution is 0.0599. The van der Waals surface area contributed by atoms with Gasteiger partial charge < -0.3 is 9.64 Å². The number of para-hydroxylation sites is 1. The number of anilines is 1. The zero-order chi connectivity index (χ0) is 22.3. The van der Waals surface area contributed by atoms with Crippen LogP contribution in [0, 0.1) is 0 Å². The van der Waals surface area contributed by atoms with Crippen LogP contribution >= 0.6 is 0 Å². The van der Waals surface area contributed by atoms with Crippen molar-refractivity contribution < 1.29 is 17.9 Å². The Morgan fingerprint density at radius 3 is 2.41 bits per heavy atom. The van der Waals surface area contributed by atoms with E-state index in [1.54, 1.807) is 30.3 Å². The van der Waals surface area contributed by atoms with E-state index in [9.17, 15) is 13.2 Å². The molecule has 162 valence electrons. The van der Waals surface area contributed by atoms with E-state index >= 15 is 0 Å². The molecule has 5 rings (SSSR count). The lowest BCUT2D eigenvalue weighted by Gasteiger charge is -2.28. The highest BCUT2D eigenvalue weighted by Crippen LogP contribution is 2.34. The molecule has 0 bridgehead atoms. The zero-order valence-corrected chi connectivity index (χ0v) is 18.1. The molecule has 3 heterocycles. The third-order valence-corrected chi connectivity index (χ3v) is 7.40. The van der Waals surface area contributed by atoms with E-state index in [-0.39, 0.29) is 10.5 Å². The van der Waals surface area contributed by atoms with Gasteiger partial charge in [-0.3, -0.25) is 0 Å². The number of fused-ring (bicyclic) bond motifs is 3. The first-order chi connectivity index (χ1) is 15.5. The Hall–Kier alpha value is -3.72. The smallest absolute Gasteiger partial charge is 0.341 e. The van der Waals surface area contributed by atoms with Crippen molar-refractivity contribution in [2.24, 2.45) is 0 Å². The monoisotopic (exact) mass is 448 g/mol. The normalized spacial score (nSPS) is 13.7. The second-order valence-electron chi connectivity index (χ2n) is 7.46. The maximum absolute atomic E-state index is 13.6. The van der Waals surface area contributed by atoms with E-state index in [0.29, 0.717) is 36.7 Å². The number of carbonyl (C=O) groups is 1. The minimum atomic E-state index is -3.80. The minimum Gasteiger partial charge on any atom is -0.465 e. The Kier molecular flexibility index (Phi) is 4.90. The Morgan fingerprint density at radius 1 is 1.00 bits per heavy atom. The van der Waals surface area contributed by atoms with Crippen molar-refractivity contribution in [3.63, 3.8) is 0 Å². The van der Waals surface area contributed by atoms with Crippen molar-refractivity contribution >= 4 is 32.8 Å². The molecule has 0 aliphatic carbocycles. The van der Waals surface area contributed by atoms with Gasteiger partial charge in [-0.15, -0.1) is 0 Å². The molecular formula is C23H20N4O4S. The summed E-state index contributed by atoms with van der Waals surface area (Å²) in [5, 5.41) is 0.934. The van der Waals surface area contributed by atoms with E-state index in [1.165, 1.54) is 23.5 Å². The average Bonchev–Trinajstić information content (AvgIpc) is 3.18. The highest BCUT2D eigenvalue weighted by atomic mass is 32.2. The lowest BCUT2D eigenvalue weighted by Crippen LogP contribution is -2.33. The molecular weight excluding hydrogens is 428 g/mol. The summed E-state index contributed by atoms with van der Waals surface area (Å²) in [7, 11) is -2.50. The second kappa shape index (κ2) is 7.76. The summed E-state index contributed by atoms with van der Waals surface area (Å²) in [6.07, 6.45) is 3.48. The fourth-order valence-corrected chi connectivity index (χ4v) is 5.71. The highest BCUT2D eigenvalue weighted by Gasteiger charge is 2.31. The number of aromatic nitrogens is 3. The molecule has 0 fully saturated rings. The van der Waals surface area contributed by atoms with Gasteiger partial charge in [0.15, 0.2) is 0 Å². The summed E-state index contributed by atoms with van der Waals surface area (Å²) in [5.41, 5.74) is 2.63. The number of carbonyl (C=O) groups excluding carboxylic acids is 1. The third kappa shape index (κ3) is 3.21. The SMILES string of the molecule is COC(=O)c1cnc(N2CCc3c(n(S(=O)(=O)c4ccccc4)c4ccccc34)C2)nc1. The largest absolute Gasteiger partial charge is 0.465 e. The van der Waals surface area contributed by atoms with E-state index in [1.807, 2.05) is 29.2 Å². The maximum Gasteiger partial charge on any atom is 0.341 e. The molecule has 0 saturated carbocycles. The van der Waals surface area contributed by atoms with Crippen LogP contribution in [0.15, 0.2) is 71.9 Å². The predicted molar refractivity (Wildman–Crippen MR) is 119 cm³/mol. The Morgan fingerprint density at radius 2 is 1.69 bits per heavy atom. The first-order valence-electron chi connectivity index (χ1n) is 10.1. The number of hydrogen-bond acceptors (Lipinski definition) is 7. The molecule has 0 spiro atoms. The van der Waals surface area contributed by atoms with Crippen LogP contribution in [0.25, 0.3) is 10.9 Å². The molecule has 4 aromatic rings. The molecule has 1 aliphatic rings. The number of rotatable bonds is 4. The number of ether oxygens (including phenoxy) is 1. The molecule has 32 heavy (non-hydrogen) atoms. The number of hydrogen-bond donors (Lipinski definition) is 0. The fourth-order valence-electron chi connectivity index (χ4n) is 4.13. The van der Waals surface area contributed by atoms with Crippen molar-refractivity contribution in [1.82, 2.24) is 13.9 Å². The molecule has 0 saturated heterocycles. The lowest BCUT2D eigenvalue weighted by atomic mass is 10.0. The summed E-state index contributed by atoms with van der Waals surface area (Å²) in [4.78, 5) is 22.4. The Labute approximate surface area is 185 Å². The van der Waals surface area contributed by atoms with Gasteiger partial charge in [0.25, 0.3) is 10.0 Å². The zero-order valence-electron chi connectivity index (χ0n) is 17.3. The fraction of sp³-hybridized carbons (Fsp3) is 0.174. The van der Waals surface area contributed by atoms with Crippen LogP contribution in [0.3, 0.4) is 0 Å². The van der Waals surface area contributed by atoms with Crippen LogP contribution in [0.1, 0.15) is 21.6 Å². The standard InChI is InChI=1S/C23H20N4O4S/c1-31-22(28)16-13-24-23(25-14-16)26-12-11-19-18-9-5-6-10-20(18)27(21(19)15-26)32(29,30)17-7-3-2-4-8-17/h2-10,13-14H,11-12,15H2,1H3. The average molecular weight is 449 g/mol. The van der Waals surface area contributed by atoms with Gasteiger partial charge in [0.2, 0.25) is 5.95 Å². The third-order valence-electron chi connectivity index (χ3n) is 5.64. The van der Waals surface area contributed by atoms with Crippen molar-refractivity contribution in [2.45, 2.75) is 17.9 Å². The van der Waals surface area contributed by atoms with E-state index in [2.05, 4.69) is 9.97 Å². The summed E-state index contributed by atoms with van der Waals surface area (Å²) in [5.74, 6) is -0.0798. The van der Waals surface area contributed by atoms with Crippen LogP contribution in [0.5, 0.6) is 0 Å². The van der Waals surface area contributed by atoms with E-state index < -0.39 is 16.0 Å². The van der Waals surface area contributed by atoms with Crippen LogP contribution in [0.2, 0.25) is 0 Å². The molecule has 0 radical (unpaired) electrons. The number of nitrogens with zero attached hydrogens (tertiary/aromatic N) is 4.